The van der Waals surface area contributed by atoms with Gasteiger partial charge in [-0.1, -0.05) is 25.1 Å². The number of carbonyl (C=O) groups is 1. The molecule has 1 aromatic carbocycles. The second-order valence-corrected chi connectivity index (χ2v) is 11.0. The van der Waals surface area contributed by atoms with Crippen LogP contribution in [0.5, 0.6) is 5.75 Å². The summed E-state index contributed by atoms with van der Waals surface area (Å²) in [5.74, 6) is 3.12. The topological polar surface area (TPSA) is 100 Å². The number of aromatic amines is 1. The quantitative estimate of drug-likeness (QED) is 0.392. The molecule has 2 aliphatic rings. The summed E-state index contributed by atoms with van der Waals surface area (Å²) in [4.78, 5) is 20.8. The van der Waals surface area contributed by atoms with Gasteiger partial charge in [0.2, 0.25) is 5.91 Å². The molecular weight excluding hydrogens is 487 g/mol. The molecule has 3 aromatic rings. The van der Waals surface area contributed by atoms with Crippen LogP contribution in [-0.2, 0) is 17.8 Å². The minimum absolute atomic E-state index is 0.00467. The van der Waals surface area contributed by atoms with Crippen LogP contribution >= 0.6 is 0 Å². The summed E-state index contributed by atoms with van der Waals surface area (Å²) in [5.41, 5.74) is 1.20. The number of ether oxygens (including phenoxy) is 1. The number of likely N-dealkylation sites (N-methyl/N-ethyl adjacent to an activating group) is 1. The molecule has 2 atom stereocenters. The first-order valence-corrected chi connectivity index (χ1v) is 13.6. The predicted molar refractivity (Wildman–Crippen MR) is 140 cm³/mol. The number of amides is 1. The predicted octanol–water partition coefficient (Wildman–Crippen LogP) is 4.58. The Bertz CT molecular complexity index is 1210. The molecule has 10 heteroatoms. The van der Waals surface area contributed by atoms with Crippen LogP contribution in [0, 0.1) is 23.6 Å². The molecule has 5 rings (SSSR count). The Morgan fingerprint density at radius 3 is 2.79 bits per heavy atom. The molecule has 1 aliphatic heterocycles. The van der Waals surface area contributed by atoms with Crippen LogP contribution in [0.4, 0.5) is 10.4 Å². The van der Waals surface area contributed by atoms with E-state index in [0.717, 1.165) is 55.7 Å². The maximum Gasteiger partial charge on any atom is 0.324 e. The van der Waals surface area contributed by atoms with E-state index in [1.165, 1.54) is 12.5 Å². The van der Waals surface area contributed by atoms with Gasteiger partial charge in [0.1, 0.15) is 11.6 Å². The summed E-state index contributed by atoms with van der Waals surface area (Å²) >= 11 is 0. The van der Waals surface area contributed by atoms with Gasteiger partial charge in [-0.05, 0) is 61.1 Å². The first-order chi connectivity index (χ1) is 18.4. The van der Waals surface area contributed by atoms with Crippen molar-refractivity contribution in [2.45, 2.75) is 58.4 Å². The molecule has 1 amide bonds. The van der Waals surface area contributed by atoms with E-state index in [-0.39, 0.29) is 18.2 Å². The lowest BCUT2D eigenvalue weighted by Crippen LogP contribution is -2.34. The third-order valence-electron chi connectivity index (χ3n) is 7.86. The third kappa shape index (κ3) is 6.34. The lowest BCUT2D eigenvalue weighted by Gasteiger charge is -2.30. The van der Waals surface area contributed by atoms with Crippen molar-refractivity contribution in [2.24, 2.45) is 17.8 Å². The first-order valence-electron chi connectivity index (χ1n) is 13.6. The minimum atomic E-state index is -0.413. The largest absolute Gasteiger partial charge is 0.493 e. The van der Waals surface area contributed by atoms with Crippen molar-refractivity contribution in [1.29, 1.82) is 0 Å². The van der Waals surface area contributed by atoms with Crippen molar-refractivity contribution in [2.75, 3.05) is 31.6 Å². The highest BCUT2D eigenvalue weighted by molar-refractivity contribution is 5.78. The number of hydrogen-bond donors (Lipinski definition) is 1. The lowest BCUT2D eigenvalue weighted by molar-refractivity contribution is -0.129. The van der Waals surface area contributed by atoms with Gasteiger partial charge in [0.25, 0.3) is 0 Å². The molecule has 9 nitrogen and oxygen atoms in total. The number of rotatable bonds is 11. The Kier molecular flexibility index (Phi) is 7.95. The van der Waals surface area contributed by atoms with Crippen molar-refractivity contribution in [3.8, 4) is 5.75 Å². The van der Waals surface area contributed by atoms with E-state index in [9.17, 15) is 9.18 Å². The van der Waals surface area contributed by atoms with Gasteiger partial charge >= 0.3 is 6.01 Å². The van der Waals surface area contributed by atoms with Crippen LogP contribution in [0.25, 0.3) is 0 Å². The second-order valence-electron chi connectivity index (χ2n) is 11.0. The van der Waals surface area contributed by atoms with Crippen LogP contribution in [0.15, 0.2) is 35.0 Å². The average Bonchev–Trinajstić information content (AvgIpc) is 3.26. The van der Waals surface area contributed by atoms with Crippen LogP contribution in [0.2, 0.25) is 0 Å². The number of halogens is 1. The van der Waals surface area contributed by atoms with Gasteiger partial charge in [0.15, 0.2) is 5.82 Å². The van der Waals surface area contributed by atoms with Crippen molar-refractivity contribution in [1.82, 2.24) is 25.2 Å². The molecule has 1 saturated heterocycles. The smallest absolute Gasteiger partial charge is 0.324 e. The highest BCUT2D eigenvalue weighted by atomic mass is 19.1. The van der Waals surface area contributed by atoms with E-state index >= 15 is 0 Å². The van der Waals surface area contributed by atoms with Gasteiger partial charge in [-0.25, -0.2) is 4.39 Å². The maximum atomic E-state index is 14.7. The zero-order valence-corrected chi connectivity index (χ0v) is 22.4. The maximum absolute atomic E-state index is 14.7. The molecule has 2 fully saturated rings. The van der Waals surface area contributed by atoms with Crippen molar-refractivity contribution in [3.63, 3.8) is 0 Å². The third-order valence-corrected chi connectivity index (χ3v) is 7.86. The van der Waals surface area contributed by atoms with E-state index in [1.54, 1.807) is 30.3 Å². The zero-order chi connectivity index (χ0) is 26.6. The average molecular weight is 525 g/mol. The molecule has 3 heterocycles. The number of aromatic nitrogens is 4. The Balaban J connectivity index is 1.01. The summed E-state index contributed by atoms with van der Waals surface area (Å²) in [6, 6.07) is 7.25. The zero-order valence-electron chi connectivity index (χ0n) is 22.4. The number of piperidine rings is 1. The number of nitrogens with zero attached hydrogens (tertiary/aromatic N) is 5. The summed E-state index contributed by atoms with van der Waals surface area (Å²) in [6.45, 7) is 7.02. The van der Waals surface area contributed by atoms with Gasteiger partial charge in [0, 0.05) is 38.3 Å². The summed E-state index contributed by atoms with van der Waals surface area (Å²) in [6.07, 6.45) is 6.15. The van der Waals surface area contributed by atoms with Crippen LogP contribution in [-0.4, -0.2) is 57.9 Å². The van der Waals surface area contributed by atoms with E-state index in [4.69, 9.17) is 9.26 Å². The van der Waals surface area contributed by atoms with Crippen LogP contribution < -0.4 is 9.64 Å². The van der Waals surface area contributed by atoms with Gasteiger partial charge in [-0.3, -0.25) is 9.89 Å². The molecule has 204 valence electrons. The van der Waals surface area contributed by atoms with Crippen LogP contribution in [0.1, 0.15) is 62.5 Å². The molecule has 38 heavy (non-hydrogen) atoms. The van der Waals surface area contributed by atoms with Gasteiger partial charge in [-0.15, -0.1) is 0 Å². The fourth-order valence-corrected chi connectivity index (χ4v) is 5.39. The molecular formula is C28H37FN6O3. The van der Waals surface area contributed by atoms with Gasteiger partial charge in [0.05, 0.1) is 25.3 Å². The molecule has 0 bridgehead atoms. The fourth-order valence-electron chi connectivity index (χ4n) is 5.39. The van der Waals surface area contributed by atoms with Crippen molar-refractivity contribution < 1.29 is 18.4 Å². The normalized spacial score (nSPS) is 19.7. The summed E-state index contributed by atoms with van der Waals surface area (Å²) in [7, 11) is 1.70. The van der Waals surface area contributed by atoms with E-state index in [0.29, 0.717) is 36.4 Å². The molecule has 0 spiro atoms. The SMILES string of the molecule is CC(C)c1noc(N2CCC([C@H]3C[C@H]3CCOc3ccc(CC(=O)N(C)Cc4ccn[nH]4)c(F)c3)CC2)n1. The monoisotopic (exact) mass is 524 g/mol. The number of carbonyl (C=O) groups excluding carboxylic acids is 1. The van der Waals surface area contributed by atoms with Crippen molar-refractivity contribution in [3.05, 3.63) is 53.4 Å². The Labute approximate surface area is 222 Å². The minimum Gasteiger partial charge on any atom is -0.493 e. The number of H-pyrrole nitrogens is 1. The highest BCUT2D eigenvalue weighted by Crippen LogP contribution is 2.50. The fraction of sp³-hybridized carbons (Fsp3) is 0.571. The lowest BCUT2D eigenvalue weighted by atomic mass is 9.90. The number of anilines is 1. The number of nitrogens with one attached hydrogen (secondary N) is 1. The molecule has 1 N–H and O–H groups in total. The molecule has 1 saturated carbocycles. The van der Waals surface area contributed by atoms with Gasteiger partial charge in [-0.2, -0.15) is 10.1 Å². The van der Waals surface area contributed by atoms with E-state index in [1.807, 2.05) is 6.07 Å². The van der Waals surface area contributed by atoms with Gasteiger partial charge < -0.3 is 19.1 Å². The molecule has 2 aromatic heterocycles. The molecule has 1 aliphatic carbocycles. The molecule has 0 unspecified atom stereocenters. The standard InChI is InChI=1S/C28H37FN6O3/c1-18(2)27-31-28(38-33-27)35-11-7-19(8-12-35)24-14-20(24)9-13-37-23-5-4-21(25(29)16-23)15-26(36)34(3)17-22-6-10-30-32-22/h4-6,10,16,18-20,24H,7-9,11-15,17H2,1-3H3,(H,30,32)/t20-,24-/m1/s1. The van der Waals surface area contributed by atoms with Crippen LogP contribution in [0.3, 0.4) is 0 Å². The Morgan fingerprint density at radius 2 is 2.11 bits per heavy atom. The van der Waals surface area contributed by atoms with E-state index in [2.05, 4.69) is 39.1 Å². The summed E-state index contributed by atoms with van der Waals surface area (Å²) in [5, 5.41) is 10.8. The molecule has 0 radical (unpaired) electrons. The van der Waals surface area contributed by atoms with E-state index < -0.39 is 5.82 Å². The number of benzene rings is 1. The second kappa shape index (κ2) is 11.5. The Hall–Kier alpha value is -3.43. The van der Waals surface area contributed by atoms with Crippen molar-refractivity contribution >= 4 is 11.9 Å². The highest BCUT2D eigenvalue weighted by Gasteiger charge is 2.43. The number of hydrogen-bond acceptors (Lipinski definition) is 7. The summed E-state index contributed by atoms with van der Waals surface area (Å²) < 4.78 is 26.0. The first kappa shape index (κ1) is 26.2. The Morgan fingerprint density at radius 1 is 1.29 bits per heavy atom.